The van der Waals surface area contributed by atoms with Crippen LogP contribution < -0.4 is 5.32 Å². The molecule has 0 aliphatic rings. The number of aromatic nitrogens is 2. The minimum absolute atomic E-state index is 0.0666. The normalized spacial score (nSPS) is 12.1. The van der Waals surface area contributed by atoms with Gasteiger partial charge in [-0.1, -0.05) is 74.1 Å². The standard InChI is InChI=1S/C18H25N3OS2/c1-4-6-10-14(5-2)16(22)19-17-20-21-18(24-17)23-12-15-11-8-7-9-13(15)3/h7-9,11,14H,4-6,10,12H2,1-3H3,(H,19,20,22)/t14-/m1/s1. The van der Waals surface area contributed by atoms with Crippen molar-refractivity contribution in [2.24, 2.45) is 5.92 Å². The molecule has 1 aromatic carbocycles. The molecule has 1 N–H and O–H groups in total. The van der Waals surface area contributed by atoms with Gasteiger partial charge in [0, 0.05) is 11.7 Å². The lowest BCUT2D eigenvalue weighted by atomic mass is 9.99. The zero-order valence-electron chi connectivity index (χ0n) is 14.5. The van der Waals surface area contributed by atoms with Crippen LogP contribution >= 0.6 is 23.1 Å². The fourth-order valence-corrected chi connectivity index (χ4v) is 4.24. The highest BCUT2D eigenvalue weighted by Crippen LogP contribution is 2.29. The van der Waals surface area contributed by atoms with E-state index in [1.54, 1.807) is 11.8 Å². The molecule has 1 amide bonds. The van der Waals surface area contributed by atoms with E-state index in [-0.39, 0.29) is 11.8 Å². The van der Waals surface area contributed by atoms with Gasteiger partial charge in [-0.15, -0.1) is 10.2 Å². The highest BCUT2D eigenvalue weighted by molar-refractivity contribution is 8.00. The lowest BCUT2D eigenvalue weighted by Gasteiger charge is -2.12. The Labute approximate surface area is 152 Å². The van der Waals surface area contributed by atoms with Gasteiger partial charge in [-0.3, -0.25) is 4.79 Å². The van der Waals surface area contributed by atoms with Crippen LogP contribution in [0.3, 0.4) is 0 Å². The number of rotatable bonds is 9. The summed E-state index contributed by atoms with van der Waals surface area (Å²) < 4.78 is 0.884. The summed E-state index contributed by atoms with van der Waals surface area (Å²) in [6.45, 7) is 6.32. The Morgan fingerprint density at radius 1 is 1.29 bits per heavy atom. The summed E-state index contributed by atoms with van der Waals surface area (Å²) in [5.41, 5.74) is 2.58. The summed E-state index contributed by atoms with van der Waals surface area (Å²) in [5.74, 6) is 0.998. The van der Waals surface area contributed by atoms with Gasteiger partial charge in [-0.2, -0.15) is 0 Å². The van der Waals surface area contributed by atoms with Gasteiger partial charge in [0.2, 0.25) is 11.0 Å². The van der Waals surface area contributed by atoms with Crippen LogP contribution in [0.4, 0.5) is 5.13 Å². The molecule has 2 rings (SSSR count). The number of aryl methyl sites for hydroxylation is 1. The molecule has 0 bridgehead atoms. The third-order valence-electron chi connectivity index (χ3n) is 4.02. The summed E-state index contributed by atoms with van der Waals surface area (Å²) in [4.78, 5) is 12.3. The van der Waals surface area contributed by atoms with E-state index in [0.29, 0.717) is 5.13 Å². The fourth-order valence-electron chi connectivity index (χ4n) is 2.41. The summed E-state index contributed by atoms with van der Waals surface area (Å²) in [6, 6.07) is 8.34. The molecule has 4 nitrogen and oxygen atoms in total. The molecular formula is C18H25N3OS2. The van der Waals surface area contributed by atoms with Crippen LogP contribution in [-0.4, -0.2) is 16.1 Å². The highest BCUT2D eigenvalue weighted by atomic mass is 32.2. The van der Waals surface area contributed by atoms with Gasteiger partial charge in [0.05, 0.1) is 0 Å². The van der Waals surface area contributed by atoms with E-state index in [2.05, 4.69) is 54.5 Å². The first kappa shape index (κ1) is 18.9. The Morgan fingerprint density at radius 2 is 2.08 bits per heavy atom. The second kappa shape index (κ2) is 9.79. The molecular weight excluding hydrogens is 338 g/mol. The van der Waals surface area contributed by atoms with Gasteiger partial charge in [0.25, 0.3) is 0 Å². The lowest BCUT2D eigenvalue weighted by Crippen LogP contribution is -2.22. The van der Waals surface area contributed by atoms with Crippen molar-refractivity contribution in [3.05, 3.63) is 35.4 Å². The number of amides is 1. The molecule has 130 valence electrons. The summed E-state index contributed by atoms with van der Waals surface area (Å²) in [5, 5.41) is 11.8. The van der Waals surface area contributed by atoms with Crippen molar-refractivity contribution in [2.75, 3.05) is 5.32 Å². The average Bonchev–Trinajstić information content (AvgIpc) is 3.02. The van der Waals surface area contributed by atoms with Gasteiger partial charge >= 0.3 is 0 Å². The first-order chi connectivity index (χ1) is 11.6. The van der Waals surface area contributed by atoms with Crippen LogP contribution in [0.2, 0.25) is 0 Å². The number of carbonyl (C=O) groups excluding carboxylic acids is 1. The Bertz CT molecular complexity index is 657. The predicted molar refractivity (Wildman–Crippen MR) is 103 cm³/mol. The molecule has 0 aliphatic carbocycles. The van der Waals surface area contributed by atoms with Crippen LogP contribution in [0.15, 0.2) is 28.6 Å². The van der Waals surface area contributed by atoms with Crippen LogP contribution in [0, 0.1) is 12.8 Å². The number of anilines is 1. The minimum atomic E-state index is 0.0666. The van der Waals surface area contributed by atoms with Crippen LogP contribution in [0.1, 0.15) is 50.7 Å². The van der Waals surface area contributed by atoms with Crippen molar-refractivity contribution >= 4 is 34.1 Å². The summed E-state index contributed by atoms with van der Waals surface area (Å²) >= 11 is 3.10. The molecule has 0 radical (unpaired) electrons. The number of nitrogens with one attached hydrogen (secondary N) is 1. The van der Waals surface area contributed by atoms with Crippen LogP contribution in [0.5, 0.6) is 0 Å². The van der Waals surface area contributed by atoms with E-state index in [9.17, 15) is 4.79 Å². The number of thioether (sulfide) groups is 1. The molecule has 1 heterocycles. The Hall–Kier alpha value is -1.40. The SMILES string of the molecule is CCCC[C@@H](CC)C(=O)Nc1nnc(SCc2ccccc2C)s1. The molecule has 0 saturated carbocycles. The molecule has 1 atom stereocenters. The van der Waals surface area contributed by atoms with Crippen molar-refractivity contribution in [3.8, 4) is 0 Å². The van der Waals surface area contributed by atoms with Gasteiger partial charge in [-0.25, -0.2) is 0 Å². The maximum absolute atomic E-state index is 12.3. The lowest BCUT2D eigenvalue weighted by molar-refractivity contribution is -0.120. The van der Waals surface area contributed by atoms with Gasteiger partial charge in [0.1, 0.15) is 0 Å². The van der Waals surface area contributed by atoms with E-state index >= 15 is 0 Å². The second-order valence-corrected chi connectivity index (χ2v) is 8.02. The second-order valence-electron chi connectivity index (χ2n) is 5.82. The molecule has 0 aliphatic heterocycles. The average molecular weight is 364 g/mol. The van der Waals surface area contributed by atoms with Crippen molar-refractivity contribution in [1.29, 1.82) is 0 Å². The number of unbranched alkanes of at least 4 members (excludes halogenated alkanes) is 1. The van der Waals surface area contributed by atoms with Gasteiger partial charge in [-0.05, 0) is 30.9 Å². The third kappa shape index (κ3) is 5.60. The minimum Gasteiger partial charge on any atom is -0.300 e. The van der Waals surface area contributed by atoms with Gasteiger partial charge in [0.15, 0.2) is 4.34 Å². The quantitative estimate of drug-likeness (QED) is 0.485. The summed E-state index contributed by atoms with van der Waals surface area (Å²) in [6.07, 6.45) is 3.99. The molecule has 0 spiro atoms. The first-order valence-corrected chi connectivity index (χ1v) is 10.3. The highest BCUT2D eigenvalue weighted by Gasteiger charge is 2.17. The number of carbonyl (C=O) groups is 1. The van der Waals surface area contributed by atoms with E-state index in [1.165, 1.54) is 22.5 Å². The monoisotopic (exact) mass is 363 g/mol. The Balaban J connectivity index is 1.88. The van der Waals surface area contributed by atoms with Crippen LogP contribution in [-0.2, 0) is 10.5 Å². The molecule has 24 heavy (non-hydrogen) atoms. The smallest absolute Gasteiger partial charge is 0.229 e. The van der Waals surface area contributed by atoms with Gasteiger partial charge < -0.3 is 5.32 Å². The van der Waals surface area contributed by atoms with Crippen molar-refractivity contribution < 1.29 is 4.79 Å². The predicted octanol–water partition coefficient (Wildman–Crippen LogP) is 5.29. The van der Waals surface area contributed by atoms with E-state index in [0.717, 1.165) is 35.8 Å². The zero-order chi connectivity index (χ0) is 17.4. The van der Waals surface area contributed by atoms with E-state index in [1.807, 2.05) is 6.07 Å². The molecule has 1 aromatic heterocycles. The Morgan fingerprint density at radius 3 is 2.79 bits per heavy atom. The fraction of sp³-hybridized carbons (Fsp3) is 0.500. The molecule has 6 heteroatoms. The zero-order valence-corrected chi connectivity index (χ0v) is 16.2. The molecule has 0 fully saturated rings. The maximum Gasteiger partial charge on any atom is 0.229 e. The van der Waals surface area contributed by atoms with E-state index in [4.69, 9.17) is 0 Å². The number of hydrogen-bond donors (Lipinski definition) is 1. The third-order valence-corrected chi connectivity index (χ3v) is 6.04. The Kier molecular flexibility index (Phi) is 7.72. The van der Waals surface area contributed by atoms with Crippen molar-refractivity contribution in [2.45, 2.75) is 56.5 Å². The van der Waals surface area contributed by atoms with E-state index < -0.39 is 0 Å². The van der Waals surface area contributed by atoms with Crippen molar-refractivity contribution in [3.63, 3.8) is 0 Å². The largest absolute Gasteiger partial charge is 0.300 e. The molecule has 2 aromatic rings. The topological polar surface area (TPSA) is 54.9 Å². The van der Waals surface area contributed by atoms with Crippen LogP contribution in [0.25, 0.3) is 0 Å². The number of hydrogen-bond acceptors (Lipinski definition) is 5. The number of benzene rings is 1. The summed E-state index contributed by atoms with van der Waals surface area (Å²) in [7, 11) is 0. The van der Waals surface area contributed by atoms with Crippen molar-refractivity contribution in [1.82, 2.24) is 10.2 Å². The maximum atomic E-state index is 12.3. The number of nitrogens with zero attached hydrogens (tertiary/aromatic N) is 2. The molecule has 0 saturated heterocycles. The first-order valence-electron chi connectivity index (χ1n) is 8.45. The molecule has 0 unspecified atom stereocenters.